The van der Waals surface area contributed by atoms with Crippen LogP contribution in [0.25, 0.3) is 0 Å². The van der Waals surface area contributed by atoms with Gasteiger partial charge in [0.25, 0.3) is 0 Å². The summed E-state index contributed by atoms with van der Waals surface area (Å²) < 4.78 is 5.95. The molecule has 0 saturated carbocycles. The zero-order valence-electron chi connectivity index (χ0n) is 9.78. The van der Waals surface area contributed by atoms with Gasteiger partial charge in [-0.1, -0.05) is 0 Å². The Balaban J connectivity index is 1.85. The standard InChI is InChI=1S/C12H21NO3/c14-11(15)4-8-13-7-3-6-12(10-13)5-1-2-9-16-12/h1-10H2,(H,14,15). The van der Waals surface area contributed by atoms with Gasteiger partial charge in [-0.05, 0) is 38.6 Å². The highest BCUT2D eigenvalue weighted by atomic mass is 16.5. The fourth-order valence-corrected chi connectivity index (χ4v) is 2.87. The zero-order chi connectivity index (χ0) is 11.4. The summed E-state index contributed by atoms with van der Waals surface area (Å²) in [7, 11) is 0. The summed E-state index contributed by atoms with van der Waals surface area (Å²) in [5.41, 5.74) is 0.0506. The van der Waals surface area contributed by atoms with Crippen LogP contribution in [0.1, 0.15) is 38.5 Å². The number of rotatable bonds is 3. The minimum absolute atomic E-state index is 0.0506. The van der Waals surface area contributed by atoms with Crippen molar-refractivity contribution in [2.45, 2.75) is 44.1 Å². The summed E-state index contributed by atoms with van der Waals surface area (Å²) in [6.45, 7) is 3.51. The summed E-state index contributed by atoms with van der Waals surface area (Å²) >= 11 is 0. The monoisotopic (exact) mass is 227 g/mol. The maximum Gasteiger partial charge on any atom is 0.304 e. The van der Waals surface area contributed by atoms with Gasteiger partial charge in [0.1, 0.15) is 0 Å². The van der Waals surface area contributed by atoms with Gasteiger partial charge in [-0.15, -0.1) is 0 Å². The van der Waals surface area contributed by atoms with Crippen LogP contribution in [-0.2, 0) is 9.53 Å². The van der Waals surface area contributed by atoms with Gasteiger partial charge >= 0.3 is 5.97 Å². The third-order valence-electron chi connectivity index (χ3n) is 3.70. The van der Waals surface area contributed by atoms with E-state index in [4.69, 9.17) is 9.84 Å². The first-order chi connectivity index (χ1) is 7.70. The van der Waals surface area contributed by atoms with Crippen molar-refractivity contribution in [2.75, 3.05) is 26.2 Å². The van der Waals surface area contributed by atoms with E-state index in [1.165, 1.54) is 12.8 Å². The molecule has 0 aromatic carbocycles. The van der Waals surface area contributed by atoms with E-state index in [1.54, 1.807) is 0 Å². The number of likely N-dealkylation sites (tertiary alicyclic amines) is 1. The van der Waals surface area contributed by atoms with Crippen molar-refractivity contribution in [2.24, 2.45) is 0 Å². The van der Waals surface area contributed by atoms with E-state index < -0.39 is 5.97 Å². The van der Waals surface area contributed by atoms with Gasteiger partial charge in [0.05, 0.1) is 12.0 Å². The maximum absolute atomic E-state index is 10.6. The van der Waals surface area contributed by atoms with Gasteiger partial charge in [0, 0.05) is 19.7 Å². The summed E-state index contributed by atoms with van der Waals surface area (Å²) in [5.74, 6) is -0.704. The minimum Gasteiger partial charge on any atom is -0.481 e. The number of carboxylic acid groups (broad SMARTS) is 1. The first-order valence-corrected chi connectivity index (χ1v) is 6.28. The molecule has 4 nitrogen and oxygen atoms in total. The fraction of sp³-hybridized carbons (Fsp3) is 0.917. The van der Waals surface area contributed by atoms with Crippen molar-refractivity contribution in [3.63, 3.8) is 0 Å². The van der Waals surface area contributed by atoms with E-state index in [9.17, 15) is 4.79 Å². The summed E-state index contributed by atoms with van der Waals surface area (Å²) in [4.78, 5) is 12.8. The average Bonchev–Trinajstić information content (AvgIpc) is 2.28. The predicted octanol–water partition coefficient (Wildman–Crippen LogP) is 1.50. The molecule has 0 aliphatic carbocycles. The smallest absolute Gasteiger partial charge is 0.304 e. The van der Waals surface area contributed by atoms with Crippen LogP contribution in [-0.4, -0.2) is 47.8 Å². The summed E-state index contributed by atoms with van der Waals surface area (Å²) in [6, 6.07) is 0. The average molecular weight is 227 g/mol. The highest BCUT2D eigenvalue weighted by Gasteiger charge is 2.37. The maximum atomic E-state index is 10.6. The van der Waals surface area contributed by atoms with Crippen LogP contribution in [0.15, 0.2) is 0 Å². The largest absolute Gasteiger partial charge is 0.481 e. The summed E-state index contributed by atoms with van der Waals surface area (Å²) in [6.07, 6.45) is 6.12. The molecule has 2 saturated heterocycles. The highest BCUT2D eigenvalue weighted by molar-refractivity contribution is 5.66. The number of carbonyl (C=O) groups is 1. The molecule has 2 aliphatic heterocycles. The Bertz CT molecular complexity index is 243. The molecule has 2 aliphatic rings. The van der Waals surface area contributed by atoms with Crippen LogP contribution < -0.4 is 0 Å². The molecular weight excluding hydrogens is 206 g/mol. The molecule has 0 aromatic heterocycles. The van der Waals surface area contributed by atoms with E-state index in [1.807, 2.05) is 0 Å². The van der Waals surface area contributed by atoms with Crippen LogP contribution in [0.5, 0.6) is 0 Å². The molecule has 4 heteroatoms. The van der Waals surface area contributed by atoms with E-state index in [0.717, 1.165) is 39.0 Å². The van der Waals surface area contributed by atoms with Gasteiger partial charge in [-0.25, -0.2) is 0 Å². The molecule has 92 valence electrons. The molecule has 0 amide bonds. The van der Waals surface area contributed by atoms with E-state index in [2.05, 4.69) is 4.90 Å². The Morgan fingerprint density at radius 2 is 2.12 bits per heavy atom. The fourth-order valence-electron chi connectivity index (χ4n) is 2.87. The number of hydrogen-bond donors (Lipinski definition) is 1. The van der Waals surface area contributed by atoms with Gasteiger partial charge in [-0.2, -0.15) is 0 Å². The van der Waals surface area contributed by atoms with Crippen molar-refractivity contribution in [3.8, 4) is 0 Å². The van der Waals surface area contributed by atoms with Crippen molar-refractivity contribution in [1.82, 2.24) is 4.90 Å². The second-order valence-corrected chi connectivity index (χ2v) is 5.01. The lowest BCUT2D eigenvalue weighted by Crippen LogP contribution is -2.51. The minimum atomic E-state index is -0.704. The van der Waals surface area contributed by atoms with Crippen molar-refractivity contribution in [3.05, 3.63) is 0 Å². The number of hydrogen-bond acceptors (Lipinski definition) is 3. The number of piperidine rings is 1. The lowest BCUT2D eigenvalue weighted by Gasteiger charge is -2.44. The molecule has 0 bridgehead atoms. The second kappa shape index (κ2) is 5.15. The molecule has 2 fully saturated rings. The lowest BCUT2D eigenvalue weighted by molar-refractivity contribution is -0.139. The topological polar surface area (TPSA) is 49.8 Å². The van der Waals surface area contributed by atoms with E-state index >= 15 is 0 Å². The first-order valence-electron chi connectivity index (χ1n) is 6.28. The van der Waals surface area contributed by atoms with Gasteiger partial charge in [0.15, 0.2) is 0 Å². The SMILES string of the molecule is O=C(O)CCN1CCCC2(CCCCO2)C1. The third kappa shape index (κ3) is 2.95. The molecule has 1 N–H and O–H groups in total. The second-order valence-electron chi connectivity index (χ2n) is 5.01. The normalized spacial score (nSPS) is 31.8. The Kier molecular flexibility index (Phi) is 3.82. The van der Waals surface area contributed by atoms with Crippen LogP contribution in [0.4, 0.5) is 0 Å². The van der Waals surface area contributed by atoms with Crippen molar-refractivity contribution < 1.29 is 14.6 Å². The molecule has 1 unspecified atom stereocenters. The Labute approximate surface area is 96.6 Å². The molecular formula is C12H21NO3. The predicted molar refractivity (Wildman–Crippen MR) is 60.5 cm³/mol. The van der Waals surface area contributed by atoms with Crippen molar-refractivity contribution >= 4 is 5.97 Å². The first kappa shape index (κ1) is 11.9. The zero-order valence-corrected chi connectivity index (χ0v) is 9.78. The van der Waals surface area contributed by atoms with E-state index in [-0.39, 0.29) is 12.0 Å². The Morgan fingerprint density at radius 1 is 1.31 bits per heavy atom. The van der Waals surface area contributed by atoms with Crippen LogP contribution in [0.2, 0.25) is 0 Å². The van der Waals surface area contributed by atoms with Gasteiger partial charge in [-0.3, -0.25) is 9.69 Å². The third-order valence-corrected chi connectivity index (χ3v) is 3.70. The van der Waals surface area contributed by atoms with E-state index in [0.29, 0.717) is 6.54 Å². The molecule has 1 atom stereocenters. The van der Waals surface area contributed by atoms with Gasteiger partial charge < -0.3 is 9.84 Å². The molecule has 1 spiro atoms. The number of aliphatic carboxylic acids is 1. The number of carboxylic acids is 1. The molecule has 0 radical (unpaired) electrons. The number of ether oxygens (including phenoxy) is 1. The van der Waals surface area contributed by atoms with Crippen LogP contribution in [0.3, 0.4) is 0 Å². The summed E-state index contributed by atoms with van der Waals surface area (Å²) in [5, 5.41) is 8.69. The molecule has 16 heavy (non-hydrogen) atoms. The molecule has 2 rings (SSSR count). The Morgan fingerprint density at radius 3 is 2.81 bits per heavy atom. The van der Waals surface area contributed by atoms with Gasteiger partial charge in [0.2, 0.25) is 0 Å². The molecule has 2 heterocycles. The van der Waals surface area contributed by atoms with Crippen LogP contribution in [0, 0.1) is 0 Å². The van der Waals surface area contributed by atoms with Crippen molar-refractivity contribution in [1.29, 1.82) is 0 Å². The van der Waals surface area contributed by atoms with Crippen LogP contribution >= 0.6 is 0 Å². The highest BCUT2D eigenvalue weighted by Crippen LogP contribution is 2.33. The number of nitrogens with zero attached hydrogens (tertiary/aromatic N) is 1. The Hall–Kier alpha value is -0.610. The lowest BCUT2D eigenvalue weighted by atomic mass is 9.86. The molecule has 0 aromatic rings. The quantitative estimate of drug-likeness (QED) is 0.793.